The fourth-order valence-electron chi connectivity index (χ4n) is 3.05. The normalized spacial score (nSPS) is 16.5. The van der Waals surface area contributed by atoms with Crippen LogP contribution in [0.1, 0.15) is 63.9 Å². The molecule has 1 aromatic rings. The van der Waals surface area contributed by atoms with Crippen LogP contribution in [0.4, 0.5) is 5.69 Å². The molecule has 0 saturated heterocycles. The summed E-state index contributed by atoms with van der Waals surface area (Å²) in [5.41, 5.74) is 7.88. The molecule has 5 nitrogen and oxygen atoms in total. The van der Waals surface area contributed by atoms with Gasteiger partial charge in [0.15, 0.2) is 5.96 Å². The number of anilines is 1. The SMILES string of the molecule is CCCC(=O)Nc1cccc(CN=C(N)NC2CCCCCC2)c1. The minimum absolute atomic E-state index is 0.0488. The van der Waals surface area contributed by atoms with E-state index in [1.165, 1.54) is 38.5 Å². The van der Waals surface area contributed by atoms with Crippen molar-refractivity contribution in [2.75, 3.05) is 5.32 Å². The molecule has 2 rings (SSSR count). The Labute approximate surface area is 145 Å². The van der Waals surface area contributed by atoms with Crippen molar-refractivity contribution in [1.29, 1.82) is 0 Å². The Hall–Kier alpha value is -2.04. The molecule has 24 heavy (non-hydrogen) atoms. The van der Waals surface area contributed by atoms with Crippen molar-refractivity contribution in [2.24, 2.45) is 10.7 Å². The van der Waals surface area contributed by atoms with Crippen LogP contribution in [0.5, 0.6) is 0 Å². The molecule has 0 aliphatic heterocycles. The van der Waals surface area contributed by atoms with Gasteiger partial charge in [-0.3, -0.25) is 4.79 Å². The number of nitrogens with two attached hydrogens (primary N) is 1. The zero-order chi connectivity index (χ0) is 17.2. The summed E-state index contributed by atoms with van der Waals surface area (Å²) in [5.74, 6) is 0.565. The third kappa shape index (κ3) is 6.60. The highest BCUT2D eigenvalue weighted by Gasteiger charge is 2.12. The summed E-state index contributed by atoms with van der Waals surface area (Å²) in [5, 5.41) is 6.26. The summed E-state index contributed by atoms with van der Waals surface area (Å²) in [4.78, 5) is 16.1. The van der Waals surface area contributed by atoms with Gasteiger partial charge in [-0.2, -0.15) is 0 Å². The third-order valence-corrected chi connectivity index (χ3v) is 4.33. The van der Waals surface area contributed by atoms with Crippen molar-refractivity contribution in [3.8, 4) is 0 Å². The quantitative estimate of drug-likeness (QED) is 0.424. The maximum absolute atomic E-state index is 11.7. The van der Waals surface area contributed by atoms with Gasteiger partial charge in [0.1, 0.15) is 0 Å². The van der Waals surface area contributed by atoms with Crippen molar-refractivity contribution in [2.45, 2.75) is 70.9 Å². The average Bonchev–Trinajstić information content (AvgIpc) is 2.82. The summed E-state index contributed by atoms with van der Waals surface area (Å²) in [7, 11) is 0. The highest BCUT2D eigenvalue weighted by atomic mass is 16.1. The van der Waals surface area contributed by atoms with Gasteiger partial charge in [0.25, 0.3) is 0 Å². The van der Waals surface area contributed by atoms with Crippen LogP contribution in [0.2, 0.25) is 0 Å². The number of hydrogen-bond donors (Lipinski definition) is 3. The zero-order valence-corrected chi connectivity index (χ0v) is 14.7. The first-order chi connectivity index (χ1) is 11.7. The Morgan fingerprint density at radius 2 is 2.00 bits per heavy atom. The highest BCUT2D eigenvalue weighted by molar-refractivity contribution is 5.90. The Morgan fingerprint density at radius 3 is 2.71 bits per heavy atom. The summed E-state index contributed by atoms with van der Waals surface area (Å²) in [6, 6.07) is 8.24. The molecule has 1 aromatic carbocycles. The van der Waals surface area contributed by atoms with Crippen molar-refractivity contribution >= 4 is 17.6 Å². The van der Waals surface area contributed by atoms with Crippen LogP contribution in [0.15, 0.2) is 29.3 Å². The molecule has 0 bridgehead atoms. The van der Waals surface area contributed by atoms with Gasteiger partial charge in [0.2, 0.25) is 5.91 Å². The summed E-state index contributed by atoms with van der Waals surface area (Å²) >= 11 is 0. The molecule has 0 heterocycles. The number of carbonyl (C=O) groups is 1. The predicted octanol–water partition coefficient (Wildman–Crippen LogP) is 3.55. The van der Waals surface area contributed by atoms with E-state index in [4.69, 9.17) is 5.73 Å². The molecule has 1 aliphatic rings. The Bertz CT molecular complexity index is 548. The van der Waals surface area contributed by atoms with Crippen LogP contribution in [-0.2, 0) is 11.3 Å². The Morgan fingerprint density at radius 1 is 1.25 bits per heavy atom. The maximum Gasteiger partial charge on any atom is 0.224 e. The lowest BCUT2D eigenvalue weighted by atomic mass is 10.1. The number of aliphatic imine (C=N–C) groups is 1. The molecular weight excluding hydrogens is 300 g/mol. The van der Waals surface area contributed by atoms with Gasteiger partial charge in [-0.15, -0.1) is 0 Å². The van der Waals surface area contributed by atoms with Gasteiger partial charge in [-0.1, -0.05) is 44.7 Å². The molecule has 1 amide bonds. The molecule has 0 spiro atoms. The number of nitrogens with one attached hydrogen (secondary N) is 2. The van der Waals surface area contributed by atoms with Crippen LogP contribution >= 0.6 is 0 Å². The molecule has 1 fully saturated rings. The number of nitrogens with zero attached hydrogens (tertiary/aromatic N) is 1. The molecule has 5 heteroatoms. The lowest BCUT2D eigenvalue weighted by Gasteiger charge is -2.16. The zero-order valence-electron chi connectivity index (χ0n) is 14.7. The first-order valence-corrected chi connectivity index (χ1v) is 9.12. The standard InChI is InChI=1S/C19H30N4O/c1-2-8-18(24)22-17-12-7-9-15(13-17)14-21-19(20)23-16-10-5-3-4-6-11-16/h7,9,12-13,16H,2-6,8,10-11,14H2,1H3,(H,22,24)(H3,20,21,23). The van der Waals surface area contributed by atoms with Gasteiger partial charge >= 0.3 is 0 Å². The van der Waals surface area contributed by atoms with Crippen LogP contribution in [0.25, 0.3) is 0 Å². The molecule has 132 valence electrons. The van der Waals surface area contributed by atoms with E-state index >= 15 is 0 Å². The summed E-state index contributed by atoms with van der Waals surface area (Å²) < 4.78 is 0. The highest BCUT2D eigenvalue weighted by Crippen LogP contribution is 2.17. The topological polar surface area (TPSA) is 79.5 Å². The van der Waals surface area contributed by atoms with Crippen molar-refractivity contribution in [3.05, 3.63) is 29.8 Å². The van der Waals surface area contributed by atoms with E-state index < -0.39 is 0 Å². The van der Waals surface area contributed by atoms with Crippen molar-refractivity contribution < 1.29 is 4.79 Å². The molecule has 0 aromatic heterocycles. The van der Waals surface area contributed by atoms with Gasteiger partial charge < -0.3 is 16.4 Å². The average molecular weight is 330 g/mol. The van der Waals surface area contributed by atoms with Gasteiger partial charge in [-0.05, 0) is 37.0 Å². The number of rotatable bonds is 6. The second kappa shape index (κ2) is 9.96. The Kier molecular flexibility index (Phi) is 7.59. The van der Waals surface area contributed by atoms with Gasteiger partial charge in [0, 0.05) is 18.2 Å². The first kappa shape index (κ1) is 18.3. The fourth-order valence-corrected chi connectivity index (χ4v) is 3.05. The molecule has 1 aliphatic carbocycles. The largest absolute Gasteiger partial charge is 0.370 e. The lowest BCUT2D eigenvalue weighted by Crippen LogP contribution is -2.39. The molecule has 1 saturated carbocycles. The second-order valence-electron chi connectivity index (χ2n) is 6.53. The van der Waals surface area contributed by atoms with E-state index in [0.29, 0.717) is 25.0 Å². The summed E-state index contributed by atoms with van der Waals surface area (Å²) in [6.07, 6.45) is 8.93. The minimum atomic E-state index is 0.0488. The number of hydrogen-bond acceptors (Lipinski definition) is 2. The van der Waals surface area contributed by atoms with Crippen LogP contribution in [-0.4, -0.2) is 17.9 Å². The van der Waals surface area contributed by atoms with Crippen molar-refractivity contribution in [1.82, 2.24) is 5.32 Å². The van der Waals surface area contributed by atoms with E-state index in [-0.39, 0.29) is 5.91 Å². The number of benzene rings is 1. The Balaban J connectivity index is 1.86. The van der Waals surface area contributed by atoms with Gasteiger partial charge in [-0.25, -0.2) is 4.99 Å². The number of carbonyl (C=O) groups excluding carboxylic acids is 1. The smallest absolute Gasteiger partial charge is 0.224 e. The molecule has 0 atom stereocenters. The lowest BCUT2D eigenvalue weighted by molar-refractivity contribution is -0.116. The predicted molar refractivity (Wildman–Crippen MR) is 99.9 cm³/mol. The van der Waals surface area contributed by atoms with Crippen LogP contribution in [0, 0.1) is 0 Å². The van der Waals surface area contributed by atoms with Crippen LogP contribution in [0.3, 0.4) is 0 Å². The second-order valence-corrected chi connectivity index (χ2v) is 6.53. The van der Waals surface area contributed by atoms with Crippen molar-refractivity contribution in [3.63, 3.8) is 0 Å². The fraction of sp³-hybridized carbons (Fsp3) is 0.579. The maximum atomic E-state index is 11.7. The minimum Gasteiger partial charge on any atom is -0.370 e. The van der Waals surface area contributed by atoms with E-state index in [9.17, 15) is 4.79 Å². The molecular formula is C19H30N4O. The number of guanidine groups is 1. The molecule has 4 N–H and O–H groups in total. The molecule has 0 radical (unpaired) electrons. The molecule has 0 unspecified atom stereocenters. The van der Waals surface area contributed by atoms with E-state index in [1.807, 2.05) is 31.2 Å². The van der Waals surface area contributed by atoms with E-state index in [2.05, 4.69) is 15.6 Å². The third-order valence-electron chi connectivity index (χ3n) is 4.33. The van der Waals surface area contributed by atoms with E-state index in [1.54, 1.807) is 0 Å². The number of amides is 1. The van der Waals surface area contributed by atoms with E-state index in [0.717, 1.165) is 17.7 Å². The van der Waals surface area contributed by atoms with Crippen LogP contribution < -0.4 is 16.4 Å². The first-order valence-electron chi connectivity index (χ1n) is 9.12. The monoisotopic (exact) mass is 330 g/mol. The van der Waals surface area contributed by atoms with Gasteiger partial charge in [0.05, 0.1) is 6.54 Å². The summed E-state index contributed by atoms with van der Waals surface area (Å²) in [6.45, 7) is 2.51.